The molecule has 0 spiro atoms. The van der Waals surface area contributed by atoms with Crippen LogP contribution < -0.4 is 4.72 Å². The predicted molar refractivity (Wildman–Crippen MR) is 93.2 cm³/mol. The topological polar surface area (TPSA) is 64.0 Å². The molecule has 0 bridgehead atoms. The van der Waals surface area contributed by atoms with Crippen LogP contribution in [0.15, 0.2) is 34.5 Å². The molecule has 0 aliphatic carbocycles. The third-order valence-corrected chi connectivity index (χ3v) is 7.01. The number of rotatable bonds is 5. The Morgan fingerprint density at radius 3 is 2.74 bits per heavy atom. The average Bonchev–Trinajstić information content (AvgIpc) is 3.11. The van der Waals surface area contributed by atoms with E-state index in [9.17, 15) is 8.42 Å². The molecule has 5 nitrogen and oxygen atoms in total. The zero-order valence-electron chi connectivity index (χ0n) is 13.3. The Hall–Kier alpha value is -1.70. The Kier molecular flexibility index (Phi) is 4.27. The van der Waals surface area contributed by atoms with Crippen molar-refractivity contribution < 1.29 is 8.42 Å². The maximum Gasteiger partial charge on any atom is 0.250 e. The molecular weight excluding hydrogens is 330 g/mol. The molecule has 0 saturated heterocycles. The van der Waals surface area contributed by atoms with Crippen molar-refractivity contribution in [3.05, 3.63) is 46.6 Å². The van der Waals surface area contributed by atoms with E-state index in [1.54, 1.807) is 6.07 Å². The van der Waals surface area contributed by atoms with Gasteiger partial charge in [-0.3, -0.25) is 0 Å². The van der Waals surface area contributed by atoms with E-state index in [0.29, 0.717) is 4.21 Å². The van der Waals surface area contributed by atoms with Crippen molar-refractivity contribution in [3.63, 3.8) is 0 Å². The van der Waals surface area contributed by atoms with Crippen molar-refractivity contribution in [3.8, 4) is 0 Å². The van der Waals surface area contributed by atoms with E-state index < -0.39 is 10.0 Å². The van der Waals surface area contributed by atoms with Gasteiger partial charge in [0.05, 0.1) is 11.0 Å². The molecule has 0 saturated carbocycles. The number of imidazole rings is 1. The first-order valence-corrected chi connectivity index (χ1v) is 9.71. The van der Waals surface area contributed by atoms with Gasteiger partial charge in [-0.1, -0.05) is 13.0 Å². The third kappa shape index (κ3) is 3.17. The van der Waals surface area contributed by atoms with Crippen molar-refractivity contribution in [1.29, 1.82) is 0 Å². The highest BCUT2D eigenvalue weighted by atomic mass is 32.2. The van der Waals surface area contributed by atoms with Crippen LogP contribution in [0.1, 0.15) is 23.2 Å². The van der Waals surface area contributed by atoms with Crippen LogP contribution in [0, 0.1) is 6.92 Å². The molecule has 7 heteroatoms. The molecule has 23 heavy (non-hydrogen) atoms. The van der Waals surface area contributed by atoms with Crippen molar-refractivity contribution in [2.24, 2.45) is 7.05 Å². The molecule has 0 unspecified atom stereocenters. The molecule has 3 rings (SSSR count). The second kappa shape index (κ2) is 6.07. The van der Waals surface area contributed by atoms with E-state index >= 15 is 0 Å². The van der Waals surface area contributed by atoms with Crippen LogP contribution in [0.2, 0.25) is 0 Å². The molecule has 0 aliphatic rings. The van der Waals surface area contributed by atoms with E-state index in [0.717, 1.165) is 33.7 Å². The number of hydrogen-bond acceptors (Lipinski definition) is 4. The Morgan fingerprint density at radius 2 is 2.04 bits per heavy atom. The predicted octanol–water partition coefficient (Wildman–Crippen LogP) is 2.98. The Morgan fingerprint density at radius 1 is 1.26 bits per heavy atom. The molecule has 0 fully saturated rings. The minimum atomic E-state index is -3.46. The van der Waals surface area contributed by atoms with Gasteiger partial charge in [0.1, 0.15) is 10.0 Å². The van der Waals surface area contributed by atoms with Gasteiger partial charge in [-0.15, -0.1) is 11.3 Å². The number of aromatic nitrogens is 2. The summed E-state index contributed by atoms with van der Waals surface area (Å²) in [5.41, 5.74) is 2.82. The Labute approximate surface area is 140 Å². The highest BCUT2D eigenvalue weighted by Gasteiger charge is 2.16. The quantitative estimate of drug-likeness (QED) is 0.770. The monoisotopic (exact) mass is 349 g/mol. The fourth-order valence-electron chi connectivity index (χ4n) is 2.42. The normalized spacial score (nSPS) is 12.1. The van der Waals surface area contributed by atoms with Gasteiger partial charge < -0.3 is 4.57 Å². The Balaban J connectivity index is 1.79. The second-order valence-electron chi connectivity index (χ2n) is 5.44. The molecule has 0 aliphatic heterocycles. The van der Waals surface area contributed by atoms with E-state index in [-0.39, 0.29) is 6.54 Å². The lowest BCUT2D eigenvalue weighted by molar-refractivity contribution is 0.583. The molecule has 1 aromatic carbocycles. The number of aryl methyl sites for hydroxylation is 3. The van der Waals surface area contributed by atoms with Crippen LogP contribution in [0.4, 0.5) is 0 Å². The minimum absolute atomic E-state index is 0.257. The minimum Gasteiger partial charge on any atom is -0.331 e. The lowest BCUT2D eigenvalue weighted by Crippen LogP contribution is -2.22. The molecule has 122 valence electrons. The number of fused-ring (bicyclic) bond motifs is 1. The van der Waals surface area contributed by atoms with Crippen molar-refractivity contribution >= 4 is 32.4 Å². The molecular formula is C16H19N3O2S2. The molecule has 2 heterocycles. The smallest absolute Gasteiger partial charge is 0.250 e. The van der Waals surface area contributed by atoms with Gasteiger partial charge in [0.15, 0.2) is 0 Å². The maximum atomic E-state index is 12.3. The molecule has 3 aromatic rings. The number of hydrogen-bond donors (Lipinski definition) is 1. The van der Waals surface area contributed by atoms with Gasteiger partial charge >= 0.3 is 0 Å². The summed E-state index contributed by atoms with van der Waals surface area (Å²) in [4.78, 5) is 5.54. The first-order chi connectivity index (χ1) is 10.9. The summed E-state index contributed by atoms with van der Waals surface area (Å²) in [7, 11) is -1.49. The van der Waals surface area contributed by atoms with E-state index in [1.807, 2.05) is 49.7 Å². The Bertz CT molecular complexity index is 955. The van der Waals surface area contributed by atoms with Gasteiger partial charge in [-0.25, -0.2) is 18.1 Å². The van der Waals surface area contributed by atoms with Crippen molar-refractivity contribution in [2.45, 2.75) is 31.0 Å². The fraction of sp³-hybridized carbons (Fsp3) is 0.312. The fourth-order valence-corrected chi connectivity index (χ4v) is 4.78. The third-order valence-electron chi connectivity index (χ3n) is 3.89. The summed E-state index contributed by atoms with van der Waals surface area (Å²) in [5.74, 6) is 0.934. The molecule has 0 atom stereocenters. The van der Waals surface area contributed by atoms with E-state index in [4.69, 9.17) is 0 Å². The summed E-state index contributed by atoms with van der Waals surface area (Å²) in [6.45, 7) is 4.22. The van der Waals surface area contributed by atoms with Gasteiger partial charge in [0, 0.05) is 18.5 Å². The molecule has 1 N–H and O–H groups in total. The lowest BCUT2D eigenvalue weighted by atomic mass is 10.2. The van der Waals surface area contributed by atoms with Crippen LogP contribution in [0.5, 0.6) is 0 Å². The number of thiophene rings is 1. The van der Waals surface area contributed by atoms with Gasteiger partial charge in [-0.05, 0) is 43.2 Å². The standard InChI is InChI=1S/C16H19N3O2S2/c1-4-13-6-8-16(22-13)23(20,21)17-10-12-5-7-15-14(9-12)18-11(2)19(15)3/h5-9,17H,4,10H2,1-3H3. The summed E-state index contributed by atoms with van der Waals surface area (Å²) >= 11 is 1.32. The van der Waals surface area contributed by atoms with Crippen molar-refractivity contribution in [2.75, 3.05) is 0 Å². The van der Waals surface area contributed by atoms with E-state index in [1.165, 1.54) is 11.3 Å². The highest BCUT2D eigenvalue weighted by molar-refractivity contribution is 7.91. The van der Waals surface area contributed by atoms with Crippen LogP contribution >= 0.6 is 11.3 Å². The zero-order valence-corrected chi connectivity index (χ0v) is 15.0. The molecule has 2 aromatic heterocycles. The summed E-state index contributed by atoms with van der Waals surface area (Å²) in [6, 6.07) is 9.35. The van der Waals surface area contributed by atoms with Crippen LogP contribution in [-0.4, -0.2) is 18.0 Å². The highest BCUT2D eigenvalue weighted by Crippen LogP contribution is 2.22. The van der Waals surface area contributed by atoms with Gasteiger partial charge in [-0.2, -0.15) is 0 Å². The summed E-state index contributed by atoms with van der Waals surface area (Å²) < 4.78 is 29.7. The lowest BCUT2D eigenvalue weighted by Gasteiger charge is -2.05. The second-order valence-corrected chi connectivity index (χ2v) is 8.60. The number of nitrogens with zero attached hydrogens (tertiary/aromatic N) is 2. The van der Waals surface area contributed by atoms with Crippen LogP contribution in [0.3, 0.4) is 0 Å². The first kappa shape index (κ1) is 16.2. The van der Waals surface area contributed by atoms with Crippen LogP contribution in [0.25, 0.3) is 11.0 Å². The number of sulfonamides is 1. The van der Waals surface area contributed by atoms with Gasteiger partial charge in [0.2, 0.25) is 10.0 Å². The van der Waals surface area contributed by atoms with Crippen LogP contribution in [-0.2, 0) is 30.0 Å². The first-order valence-electron chi connectivity index (χ1n) is 7.41. The van der Waals surface area contributed by atoms with E-state index in [2.05, 4.69) is 9.71 Å². The largest absolute Gasteiger partial charge is 0.331 e. The zero-order chi connectivity index (χ0) is 16.6. The van der Waals surface area contributed by atoms with Gasteiger partial charge in [0.25, 0.3) is 0 Å². The number of benzene rings is 1. The van der Waals surface area contributed by atoms with Crippen molar-refractivity contribution in [1.82, 2.24) is 14.3 Å². The summed E-state index contributed by atoms with van der Waals surface area (Å²) in [6.07, 6.45) is 0.843. The maximum absolute atomic E-state index is 12.3. The average molecular weight is 349 g/mol. The number of nitrogens with one attached hydrogen (secondary N) is 1. The SMILES string of the molecule is CCc1ccc(S(=O)(=O)NCc2ccc3c(c2)nc(C)n3C)s1. The summed E-state index contributed by atoms with van der Waals surface area (Å²) in [5, 5.41) is 0. The molecule has 0 radical (unpaired) electrons. The molecule has 0 amide bonds.